The molecule has 8 N–H and O–H groups in total. The zero-order valence-electron chi connectivity index (χ0n) is 13.6. The normalized spacial score (nSPS) is 25.5. The molecule has 1 aliphatic heterocycles. The van der Waals surface area contributed by atoms with Gasteiger partial charge in [0.2, 0.25) is 5.88 Å². The van der Waals surface area contributed by atoms with Gasteiger partial charge in [0, 0.05) is 0 Å². The predicted molar refractivity (Wildman–Crippen MR) is 91.8 cm³/mol. The fourth-order valence-corrected chi connectivity index (χ4v) is 2.82. The molecule has 0 unspecified atom stereocenters. The first-order chi connectivity index (χ1) is 12.8. The second-order valence-electron chi connectivity index (χ2n) is 5.37. The van der Waals surface area contributed by atoms with E-state index >= 15 is 0 Å². The number of hydrogen-bond acceptors (Lipinski definition) is 10. The minimum atomic E-state index is -4.64. The number of phosphoric acid groups is 1. The standard InChI is InChI=1S/C10H13N4O7PS.H3O4P/c15-6-4(1-20-22(18,19)23)21-10(7(6)16)14-3-13-5-8(14)11-2-12-9(5)17;1-5(2,3)4/h2-4,6-7,10,15-16H,1H2,(H,11,12,17)(H2,18,19,23);(H3,1,2,3,4)/t4-,6-,7-,10-;/m1./s1. The number of aliphatic hydroxyl groups excluding tert-OH is 2. The lowest BCUT2D eigenvalue weighted by Gasteiger charge is -2.16. The van der Waals surface area contributed by atoms with Gasteiger partial charge in [-0.05, 0) is 11.8 Å². The van der Waals surface area contributed by atoms with Crippen molar-refractivity contribution < 1.29 is 53.6 Å². The van der Waals surface area contributed by atoms with E-state index in [1.54, 1.807) is 0 Å². The molecule has 1 saturated heterocycles. The van der Waals surface area contributed by atoms with Crippen LogP contribution in [0.5, 0.6) is 5.88 Å². The van der Waals surface area contributed by atoms with Gasteiger partial charge in [-0.25, -0.2) is 14.5 Å². The third-order valence-corrected chi connectivity index (χ3v) is 4.16. The highest BCUT2D eigenvalue weighted by Crippen LogP contribution is 2.39. The number of hydrogen-bond donors (Lipinski definition) is 8. The minimum Gasteiger partial charge on any atom is -0.492 e. The lowest BCUT2D eigenvalue weighted by molar-refractivity contribution is -0.0487. The Bertz CT molecular complexity index is 908. The lowest BCUT2D eigenvalue weighted by atomic mass is 10.1. The molecule has 2 aromatic heterocycles. The maximum Gasteiger partial charge on any atom is 0.466 e. The summed E-state index contributed by atoms with van der Waals surface area (Å²) < 4.78 is 20.3. The molecule has 158 valence electrons. The Kier molecular flexibility index (Phi) is 7.20. The highest BCUT2D eigenvalue weighted by molar-refractivity contribution is 8.06. The molecule has 0 amide bonds. The molecule has 0 spiro atoms. The van der Waals surface area contributed by atoms with E-state index in [0.717, 1.165) is 6.33 Å². The van der Waals surface area contributed by atoms with E-state index in [9.17, 15) is 15.3 Å². The van der Waals surface area contributed by atoms with E-state index in [1.165, 1.54) is 10.9 Å². The molecular weight excluding hydrogens is 446 g/mol. The van der Waals surface area contributed by atoms with Crippen molar-refractivity contribution in [3.05, 3.63) is 12.7 Å². The van der Waals surface area contributed by atoms with Crippen LogP contribution in [0.15, 0.2) is 12.7 Å². The SMILES string of the molecule is O=P(O)(O)O.Oc1ncnc2c1ncn2[C@@H]1O[C@H](COP(O)(O)=S)[C@@H](O)[C@H]1O. The van der Waals surface area contributed by atoms with Crippen LogP contribution in [-0.2, 0) is 25.6 Å². The van der Waals surface area contributed by atoms with Crippen molar-refractivity contribution in [2.75, 3.05) is 6.61 Å². The Balaban J connectivity index is 0.000000500. The molecule has 1 fully saturated rings. The summed E-state index contributed by atoms with van der Waals surface area (Å²) >= 11 is 4.31. The molecule has 3 heterocycles. The number of nitrogens with zero attached hydrogens (tertiary/aromatic N) is 4. The number of imidazole rings is 1. The molecule has 0 bridgehead atoms. The fourth-order valence-electron chi connectivity index (χ4n) is 2.29. The predicted octanol–water partition coefficient (Wildman–Crippen LogP) is -2.55. The fraction of sp³-hybridized carbons (Fsp3) is 0.500. The van der Waals surface area contributed by atoms with Crippen LogP contribution < -0.4 is 0 Å². The van der Waals surface area contributed by atoms with Crippen molar-refractivity contribution in [2.24, 2.45) is 0 Å². The summed E-state index contributed by atoms with van der Waals surface area (Å²) in [6, 6.07) is 0. The maximum absolute atomic E-state index is 10.1. The van der Waals surface area contributed by atoms with Gasteiger partial charge in [-0.1, -0.05) is 0 Å². The van der Waals surface area contributed by atoms with Crippen LogP contribution in [-0.4, -0.2) is 84.2 Å². The summed E-state index contributed by atoms with van der Waals surface area (Å²) in [6.45, 7) is -4.31. The summed E-state index contributed by atoms with van der Waals surface area (Å²) in [5, 5.41) is 29.7. The monoisotopic (exact) mass is 462 g/mol. The topological polar surface area (TPSA) is 241 Å². The van der Waals surface area contributed by atoms with Gasteiger partial charge in [-0.15, -0.1) is 0 Å². The first-order valence-corrected chi connectivity index (χ1v) is 11.3. The van der Waals surface area contributed by atoms with Gasteiger partial charge in [-0.2, -0.15) is 4.98 Å². The van der Waals surface area contributed by atoms with Crippen LogP contribution in [0.1, 0.15) is 6.23 Å². The van der Waals surface area contributed by atoms with Crippen LogP contribution in [0.25, 0.3) is 11.2 Å². The van der Waals surface area contributed by atoms with Crippen LogP contribution in [0.3, 0.4) is 0 Å². The third-order valence-electron chi connectivity index (χ3n) is 3.36. The number of aromatic nitrogens is 4. The van der Waals surface area contributed by atoms with Crippen molar-refractivity contribution in [2.45, 2.75) is 24.5 Å². The molecule has 18 heteroatoms. The van der Waals surface area contributed by atoms with E-state index in [1.807, 2.05) is 0 Å². The van der Waals surface area contributed by atoms with Crippen molar-refractivity contribution in [1.29, 1.82) is 0 Å². The molecule has 0 radical (unpaired) electrons. The number of aliphatic hydroxyl groups is 2. The van der Waals surface area contributed by atoms with Gasteiger partial charge in [0.25, 0.3) is 0 Å². The Morgan fingerprint density at radius 1 is 1.14 bits per heavy atom. The molecule has 15 nitrogen and oxygen atoms in total. The smallest absolute Gasteiger partial charge is 0.466 e. The average molecular weight is 462 g/mol. The van der Waals surface area contributed by atoms with Gasteiger partial charge in [0.1, 0.15) is 24.6 Å². The lowest BCUT2D eigenvalue weighted by Crippen LogP contribution is -2.33. The van der Waals surface area contributed by atoms with E-state index in [-0.39, 0.29) is 17.0 Å². The molecule has 2 aromatic rings. The van der Waals surface area contributed by atoms with Crippen LogP contribution in [0, 0.1) is 0 Å². The third kappa shape index (κ3) is 6.18. The molecule has 28 heavy (non-hydrogen) atoms. The second-order valence-corrected chi connectivity index (χ2v) is 9.06. The first kappa shape index (κ1) is 23.2. The summed E-state index contributed by atoms with van der Waals surface area (Å²) in [5.74, 6) is -0.331. The van der Waals surface area contributed by atoms with Gasteiger partial charge in [0.05, 0.1) is 12.9 Å². The van der Waals surface area contributed by atoms with Crippen molar-refractivity contribution >= 4 is 37.5 Å². The molecule has 0 saturated carbocycles. The molecular formula is C10H16N4O11P2S. The van der Waals surface area contributed by atoms with Crippen molar-refractivity contribution in [3.63, 3.8) is 0 Å². The van der Waals surface area contributed by atoms with Crippen molar-refractivity contribution in [3.8, 4) is 5.88 Å². The van der Waals surface area contributed by atoms with Crippen molar-refractivity contribution in [1.82, 2.24) is 19.5 Å². The zero-order chi connectivity index (χ0) is 21.3. The minimum absolute atomic E-state index is 0.110. The highest BCUT2D eigenvalue weighted by Gasteiger charge is 2.45. The van der Waals surface area contributed by atoms with Gasteiger partial charge < -0.3 is 49.0 Å². The molecule has 0 aromatic carbocycles. The molecule has 3 rings (SSSR count). The summed E-state index contributed by atoms with van der Waals surface area (Å²) in [4.78, 5) is 51.1. The average Bonchev–Trinajstić information content (AvgIpc) is 3.07. The number of ether oxygens (including phenoxy) is 1. The van der Waals surface area contributed by atoms with E-state index in [2.05, 4.69) is 31.3 Å². The largest absolute Gasteiger partial charge is 0.492 e. The van der Waals surface area contributed by atoms with E-state index in [4.69, 9.17) is 33.8 Å². The summed E-state index contributed by atoms with van der Waals surface area (Å²) in [5.41, 5.74) is 0.309. The number of aromatic hydroxyl groups is 1. The Hall–Kier alpha value is -1.13. The molecule has 0 aliphatic carbocycles. The van der Waals surface area contributed by atoms with Gasteiger partial charge in [0.15, 0.2) is 17.4 Å². The maximum atomic E-state index is 10.1. The molecule has 4 atom stereocenters. The zero-order valence-corrected chi connectivity index (χ0v) is 16.2. The summed E-state index contributed by atoms with van der Waals surface area (Å²) in [6.07, 6.45) is -2.42. The number of rotatable bonds is 4. The van der Waals surface area contributed by atoms with E-state index < -0.39 is 45.7 Å². The highest BCUT2D eigenvalue weighted by atomic mass is 32.5. The van der Waals surface area contributed by atoms with Gasteiger partial charge in [-0.3, -0.25) is 4.57 Å². The van der Waals surface area contributed by atoms with E-state index in [0.29, 0.717) is 0 Å². The Morgan fingerprint density at radius 3 is 2.32 bits per heavy atom. The Morgan fingerprint density at radius 2 is 1.75 bits per heavy atom. The Labute approximate surface area is 161 Å². The second kappa shape index (κ2) is 8.71. The molecule has 1 aliphatic rings. The van der Waals surface area contributed by atoms with Crippen LogP contribution in [0.2, 0.25) is 0 Å². The number of fused-ring (bicyclic) bond motifs is 1. The van der Waals surface area contributed by atoms with Crippen LogP contribution in [0.4, 0.5) is 0 Å². The van der Waals surface area contributed by atoms with Crippen LogP contribution >= 0.6 is 14.5 Å². The first-order valence-electron chi connectivity index (χ1n) is 7.14. The quantitative estimate of drug-likeness (QED) is 0.218. The van der Waals surface area contributed by atoms with Gasteiger partial charge >= 0.3 is 14.5 Å². The summed E-state index contributed by atoms with van der Waals surface area (Å²) in [7, 11) is -4.64.